The number of halogens is 4. The van der Waals surface area contributed by atoms with E-state index >= 15 is 0 Å². The van der Waals surface area contributed by atoms with Gasteiger partial charge in [0.05, 0.1) is 35.2 Å². The maximum atomic E-state index is 14.2. The van der Waals surface area contributed by atoms with Gasteiger partial charge in [0.25, 0.3) is 0 Å². The summed E-state index contributed by atoms with van der Waals surface area (Å²) in [5.41, 5.74) is 0.0209. The maximum absolute atomic E-state index is 14.2. The lowest BCUT2D eigenvalue weighted by Crippen LogP contribution is -2.52. The lowest BCUT2D eigenvalue weighted by atomic mass is 9.71. The number of amides is 2. The Balaban J connectivity index is 1.79. The molecule has 0 aliphatic carbocycles. The molecule has 0 saturated carbocycles. The summed E-state index contributed by atoms with van der Waals surface area (Å²) in [5, 5.41) is 4.60. The summed E-state index contributed by atoms with van der Waals surface area (Å²) in [7, 11) is 1.23. The zero-order valence-corrected chi connectivity index (χ0v) is 21.7. The molecule has 184 valence electrons. The maximum Gasteiger partial charge on any atom is 0.323 e. The fourth-order valence-corrected chi connectivity index (χ4v) is 6.17. The van der Waals surface area contributed by atoms with E-state index in [4.69, 9.17) is 51.1 Å². The van der Waals surface area contributed by atoms with E-state index in [1.54, 1.807) is 48.5 Å². The monoisotopic (exact) mass is 562 g/mol. The highest BCUT2D eigenvalue weighted by atomic mass is 35.5. The average Bonchev–Trinajstić information content (AvgIpc) is 3.34. The van der Waals surface area contributed by atoms with Crippen LogP contribution in [0.25, 0.3) is 0 Å². The molecule has 2 aliphatic heterocycles. The van der Waals surface area contributed by atoms with Crippen LogP contribution in [-0.4, -0.2) is 30.9 Å². The van der Waals surface area contributed by atoms with Crippen molar-refractivity contribution in [2.45, 2.75) is 11.6 Å². The average molecular weight is 564 g/mol. The Hall–Kier alpha value is -2.61. The van der Waals surface area contributed by atoms with Crippen molar-refractivity contribution in [2.75, 3.05) is 12.0 Å². The molecule has 0 radical (unpaired) electrons. The number of imide groups is 1. The highest BCUT2D eigenvalue weighted by Crippen LogP contribution is 2.53. The van der Waals surface area contributed by atoms with Crippen LogP contribution in [0.4, 0.5) is 5.69 Å². The third kappa shape index (κ3) is 3.80. The van der Waals surface area contributed by atoms with Crippen molar-refractivity contribution in [1.82, 2.24) is 5.32 Å². The van der Waals surface area contributed by atoms with Crippen molar-refractivity contribution in [3.05, 3.63) is 97.9 Å². The van der Waals surface area contributed by atoms with Gasteiger partial charge in [-0.15, -0.1) is 0 Å². The fraction of sp³-hybridized carbons (Fsp3) is 0.192. The highest BCUT2D eigenvalue weighted by molar-refractivity contribution is 6.38. The molecule has 2 heterocycles. The lowest BCUT2D eigenvalue weighted by Gasteiger charge is -2.36. The number of nitrogens with zero attached hydrogens (tertiary/aromatic N) is 1. The van der Waals surface area contributed by atoms with E-state index in [9.17, 15) is 14.4 Å². The van der Waals surface area contributed by atoms with Crippen molar-refractivity contribution < 1.29 is 19.1 Å². The molecule has 2 saturated heterocycles. The molecule has 2 fully saturated rings. The number of rotatable bonds is 4. The minimum absolute atomic E-state index is 0.128. The van der Waals surface area contributed by atoms with E-state index in [-0.39, 0.29) is 10.7 Å². The van der Waals surface area contributed by atoms with Crippen LogP contribution >= 0.6 is 46.4 Å². The quantitative estimate of drug-likeness (QED) is 0.335. The normalized spacial score (nSPS) is 22.6. The zero-order chi connectivity index (χ0) is 25.8. The molecule has 0 spiro atoms. The van der Waals surface area contributed by atoms with Crippen LogP contribution < -0.4 is 10.2 Å². The van der Waals surface area contributed by atoms with Gasteiger partial charge >= 0.3 is 5.97 Å². The Bertz CT molecular complexity index is 1370. The van der Waals surface area contributed by atoms with Crippen LogP contribution in [-0.2, 0) is 24.7 Å². The first-order valence-corrected chi connectivity index (χ1v) is 12.4. The number of carbonyl (C=O) groups is 3. The Labute approximate surface area is 227 Å². The first-order chi connectivity index (χ1) is 17.2. The van der Waals surface area contributed by atoms with E-state index in [1.165, 1.54) is 25.3 Å². The predicted molar refractivity (Wildman–Crippen MR) is 139 cm³/mol. The third-order valence-corrected chi connectivity index (χ3v) is 7.73. The van der Waals surface area contributed by atoms with E-state index in [2.05, 4.69) is 5.32 Å². The Kier molecular flexibility index (Phi) is 6.52. The van der Waals surface area contributed by atoms with Crippen molar-refractivity contribution >= 4 is 69.9 Å². The Morgan fingerprint density at radius 2 is 1.44 bits per heavy atom. The lowest BCUT2D eigenvalue weighted by molar-refractivity contribution is -0.145. The number of hydrogen-bond acceptors (Lipinski definition) is 5. The second kappa shape index (κ2) is 9.36. The molecule has 36 heavy (non-hydrogen) atoms. The molecular formula is C26H18Cl4N2O4. The molecule has 0 bridgehead atoms. The van der Waals surface area contributed by atoms with Gasteiger partial charge in [-0.2, -0.15) is 0 Å². The second-order valence-corrected chi connectivity index (χ2v) is 10.3. The predicted octanol–water partition coefficient (Wildman–Crippen LogP) is 5.49. The molecule has 2 aliphatic rings. The molecule has 3 aromatic rings. The van der Waals surface area contributed by atoms with Crippen molar-refractivity contribution in [1.29, 1.82) is 0 Å². The van der Waals surface area contributed by atoms with Gasteiger partial charge in [-0.05, 0) is 53.6 Å². The highest BCUT2D eigenvalue weighted by Gasteiger charge is 2.68. The molecule has 10 heteroatoms. The number of methoxy groups -OCH3 is 1. The van der Waals surface area contributed by atoms with Gasteiger partial charge in [-0.1, -0.05) is 70.7 Å². The summed E-state index contributed by atoms with van der Waals surface area (Å²) in [4.78, 5) is 42.1. The molecule has 0 aromatic heterocycles. The summed E-state index contributed by atoms with van der Waals surface area (Å²) in [6.45, 7) is 0. The molecular weight excluding hydrogens is 546 g/mol. The van der Waals surface area contributed by atoms with Crippen molar-refractivity contribution in [3.8, 4) is 0 Å². The van der Waals surface area contributed by atoms with Gasteiger partial charge in [0, 0.05) is 15.1 Å². The molecule has 3 aromatic carbocycles. The van der Waals surface area contributed by atoms with Crippen LogP contribution in [0.1, 0.15) is 11.1 Å². The number of carbonyl (C=O) groups excluding carboxylic acids is 3. The number of esters is 1. The number of fused-ring (bicyclic) bond motifs is 1. The first-order valence-electron chi connectivity index (χ1n) is 10.9. The number of ether oxygens (including phenoxy) is 1. The summed E-state index contributed by atoms with van der Waals surface area (Å²) >= 11 is 25.2. The first kappa shape index (κ1) is 25.1. The van der Waals surface area contributed by atoms with E-state index in [0.717, 1.165) is 4.90 Å². The van der Waals surface area contributed by atoms with Crippen LogP contribution in [0.2, 0.25) is 20.1 Å². The standard InChI is InChI=1S/C26H18Cl4N2O4/c1-36-25(35)22-20-21(24(34)32(23(20)33)19-9-8-17(29)12-18(19)30)26(31-22,13-4-2-6-15(27)10-13)14-5-3-7-16(28)11-14/h2-12,20-22,31H,1H3/t20-,21-,22+/m0/s1. The smallest absolute Gasteiger partial charge is 0.323 e. The molecule has 6 nitrogen and oxygen atoms in total. The van der Waals surface area contributed by atoms with Gasteiger partial charge in [0.1, 0.15) is 6.04 Å². The molecule has 0 unspecified atom stereocenters. The minimum Gasteiger partial charge on any atom is -0.468 e. The Morgan fingerprint density at radius 1 is 0.861 bits per heavy atom. The number of nitrogens with one attached hydrogen (secondary N) is 1. The van der Waals surface area contributed by atoms with Gasteiger partial charge < -0.3 is 4.74 Å². The topological polar surface area (TPSA) is 75.7 Å². The van der Waals surface area contributed by atoms with Gasteiger partial charge in [-0.25, -0.2) is 4.90 Å². The summed E-state index contributed by atoms with van der Waals surface area (Å²) in [6.07, 6.45) is 0. The van der Waals surface area contributed by atoms with Crippen molar-refractivity contribution in [3.63, 3.8) is 0 Å². The van der Waals surface area contributed by atoms with Gasteiger partial charge in [0.2, 0.25) is 11.8 Å². The van der Waals surface area contributed by atoms with Crippen LogP contribution in [0.3, 0.4) is 0 Å². The SMILES string of the molecule is COC(=O)[C@@H]1NC(c2cccc(Cl)c2)(c2cccc(Cl)c2)[C@@H]2C(=O)N(c3ccc(Cl)cc3Cl)C(=O)[C@@H]21. The van der Waals surface area contributed by atoms with E-state index in [1.807, 2.05) is 0 Å². The molecule has 3 atom stereocenters. The van der Waals surface area contributed by atoms with Gasteiger partial charge in [-0.3, -0.25) is 19.7 Å². The van der Waals surface area contributed by atoms with E-state index in [0.29, 0.717) is 26.2 Å². The van der Waals surface area contributed by atoms with Crippen LogP contribution in [0.5, 0.6) is 0 Å². The second-order valence-electron chi connectivity index (χ2n) is 8.58. The summed E-state index contributed by atoms with van der Waals surface area (Å²) < 4.78 is 5.04. The fourth-order valence-electron chi connectivity index (χ4n) is 5.30. The summed E-state index contributed by atoms with van der Waals surface area (Å²) in [5.74, 6) is -3.93. The van der Waals surface area contributed by atoms with Crippen LogP contribution in [0, 0.1) is 11.8 Å². The largest absolute Gasteiger partial charge is 0.468 e. The van der Waals surface area contributed by atoms with Gasteiger partial charge in [0.15, 0.2) is 0 Å². The number of anilines is 1. The molecule has 2 amide bonds. The Morgan fingerprint density at radius 3 is 1.97 bits per heavy atom. The van der Waals surface area contributed by atoms with Crippen LogP contribution in [0.15, 0.2) is 66.7 Å². The minimum atomic E-state index is -1.33. The number of hydrogen-bond donors (Lipinski definition) is 1. The number of benzene rings is 3. The molecule has 1 N–H and O–H groups in total. The van der Waals surface area contributed by atoms with Crippen molar-refractivity contribution in [2.24, 2.45) is 11.8 Å². The molecule has 5 rings (SSSR count). The zero-order valence-electron chi connectivity index (χ0n) is 18.7. The third-order valence-electron chi connectivity index (χ3n) is 6.73. The summed E-state index contributed by atoms with van der Waals surface area (Å²) in [6, 6.07) is 17.2. The van der Waals surface area contributed by atoms with E-state index < -0.39 is 41.2 Å².